The molecule has 2 amide bonds. The van der Waals surface area contributed by atoms with Crippen LogP contribution in [-0.2, 0) is 9.47 Å². The summed E-state index contributed by atoms with van der Waals surface area (Å²) in [5.74, 6) is -12.0. The predicted molar refractivity (Wildman–Crippen MR) is 186 cm³/mol. The number of carbonyl (C=O) groups is 2. The predicted octanol–water partition coefficient (Wildman–Crippen LogP) is 4.07. The monoisotopic (exact) mass is 824 g/mol. The number of halogens is 6. The summed E-state index contributed by atoms with van der Waals surface area (Å²) in [4.78, 5) is 26.1. The summed E-state index contributed by atoms with van der Waals surface area (Å²) in [6.45, 7) is 4.26. The number of allylic oxidation sites excluding steroid dienone is 2. The number of nitrogens with one attached hydrogen (secondary N) is 2. The number of thiophene rings is 1. The van der Waals surface area contributed by atoms with E-state index < -0.39 is 107 Å². The van der Waals surface area contributed by atoms with Crippen molar-refractivity contribution in [2.24, 2.45) is 35.5 Å². The largest absolute Gasteiger partial charge is 0.869 e. The minimum absolute atomic E-state index is 0.0318. The van der Waals surface area contributed by atoms with Crippen molar-refractivity contribution in [1.29, 1.82) is 0 Å². The molecule has 0 radical (unpaired) electrons. The molecule has 3 heterocycles. The van der Waals surface area contributed by atoms with Crippen LogP contribution in [0.1, 0.15) is 98.4 Å². The van der Waals surface area contributed by atoms with Crippen LogP contribution in [0.3, 0.4) is 0 Å². The summed E-state index contributed by atoms with van der Waals surface area (Å²) >= 11 is 0.569. The SMILES string of the molecule is C[C@@H]1CC[C@@H](/C(CNC(=O)c2ccc(C(=O)NC/C(=C(/[O-])C(F)(F)F)C3CC[C@@H](C)[C@@H]4CC[C@@](C)(O)OC[C@]34O)s2)=C(\[O-])C(F)(F)F)[C@@]2(O)CO[C@@H](C)CC[C@@H]12. The fourth-order valence-electron chi connectivity index (χ4n) is 9.43. The van der Waals surface area contributed by atoms with Crippen molar-refractivity contribution in [2.45, 2.75) is 115 Å². The van der Waals surface area contributed by atoms with Gasteiger partial charge < -0.3 is 45.6 Å². The highest BCUT2D eigenvalue weighted by atomic mass is 32.1. The number of hydrogen-bond donors (Lipinski definition) is 5. The lowest BCUT2D eigenvalue weighted by molar-refractivity contribution is -0.363. The first kappa shape index (κ1) is 44.2. The van der Waals surface area contributed by atoms with Gasteiger partial charge in [-0.1, -0.05) is 13.8 Å². The maximum absolute atomic E-state index is 14.0. The third-order valence-corrected chi connectivity index (χ3v) is 13.7. The normalized spacial score (nSPS) is 36.5. The molecule has 1 aromatic rings. The van der Waals surface area contributed by atoms with Crippen LogP contribution >= 0.6 is 11.3 Å². The number of rotatable bonds is 8. The molecule has 11 nitrogen and oxygen atoms in total. The maximum Gasteiger partial charge on any atom is 0.402 e. The van der Waals surface area contributed by atoms with Gasteiger partial charge in [-0.05, 0) is 117 Å². The van der Waals surface area contributed by atoms with Gasteiger partial charge in [-0.25, -0.2) is 0 Å². The van der Waals surface area contributed by atoms with E-state index in [1.807, 2.05) is 13.8 Å². The number of fused-ring (bicyclic) bond motifs is 2. The summed E-state index contributed by atoms with van der Waals surface area (Å²) in [6.07, 6.45) is -8.78. The minimum Gasteiger partial charge on any atom is -0.869 e. The number of aliphatic hydroxyl groups is 3. The molecule has 5 N–H and O–H groups in total. The summed E-state index contributed by atoms with van der Waals surface area (Å²) < 4.78 is 94.9. The number of carbonyl (C=O) groups excluding carboxylic acids is 2. The molecule has 0 aromatic carbocycles. The van der Waals surface area contributed by atoms with Crippen molar-refractivity contribution in [3.63, 3.8) is 0 Å². The van der Waals surface area contributed by atoms with Gasteiger partial charge in [0.15, 0.2) is 5.79 Å². The molecule has 2 saturated heterocycles. The van der Waals surface area contributed by atoms with Crippen LogP contribution in [0.4, 0.5) is 26.3 Å². The lowest BCUT2D eigenvalue weighted by Crippen LogP contribution is -2.56. The number of hydrogen-bond acceptors (Lipinski definition) is 10. The van der Waals surface area contributed by atoms with E-state index in [9.17, 15) is 61.5 Å². The zero-order chi connectivity index (χ0) is 41.6. The van der Waals surface area contributed by atoms with Crippen molar-refractivity contribution in [3.8, 4) is 0 Å². The average molecular weight is 825 g/mol. The molecular weight excluding hydrogens is 774 g/mol. The lowest BCUT2D eigenvalue weighted by Gasteiger charge is -2.49. The van der Waals surface area contributed by atoms with Gasteiger partial charge in [0, 0.05) is 31.3 Å². The van der Waals surface area contributed by atoms with E-state index in [1.165, 1.54) is 19.1 Å². The van der Waals surface area contributed by atoms with E-state index >= 15 is 0 Å². The van der Waals surface area contributed by atoms with Crippen LogP contribution in [0.15, 0.2) is 34.8 Å². The molecule has 18 heteroatoms. The Hall–Kier alpha value is -2.90. The van der Waals surface area contributed by atoms with E-state index in [-0.39, 0.29) is 60.0 Å². The molecule has 0 spiro atoms. The second kappa shape index (κ2) is 16.4. The standard InChI is InChI=1S/C38H52F6N2O9S/c1-19-5-8-26(35(52)17-54-21(3)7-10-24(19)35)22(30(47)37(39,40)41)15-45-32(49)28-11-12-29(56-28)33(50)46-16-23(31(48)38(42,43)44)27-9-6-20(2)25-13-14-34(4,51)55-18-36(25,27)53/h11-12,19-21,24-27,47-48,51-53H,5-10,13-18H2,1-4H3,(H,45,49)(H,46,50)/p-2/b30-22-,31-23-/t19-,20-,21+,24+,25+,26+,27?,34+,35-,36-/m1/s1. The van der Waals surface area contributed by atoms with Crippen LogP contribution in [0.2, 0.25) is 0 Å². The Bertz CT molecular complexity index is 1680. The summed E-state index contributed by atoms with van der Waals surface area (Å²) in [7, 11) is 0. The highest BCUT2D eigenvalue weighted by molar-refractivity contribution is 7.15. The molecule has 56 heavy (non-hydrogen) atoms. The van der Waals surface area contributed by atoms with Crippen molar-refractivity contribution in [3.05, 3.63) is 44.6 Å². The molecule has 2 aliphatic carbocycles. The van der Waals surface area contributed by atoms with E-state index in [1.54, 1.807) is 6.92 Å². The quantitative estimate of drug-likeness (QED) is 0.191. The van der Waals surface area contributed by atoms with Crippen LogP contribution in [0.25, 0.3) is 0 Å². The van der Waals surface area contributed by atoms with Gasteiger partial charge in [0.1, 0.15) is 0 Å². The summed E-state index contributed by atoms with van der Waals surface area (Å²) in [5.41, 5.74) is -5.28. The molecule has 1 unspecified atom stereocenters. The van der Waals surface area contributed by atoms with Crippen LogP contribution < -0.4 is 20.8 Å². The Morgan fingerprint density at radius 1 is 0.750 bits per heavy atom. The van der Waals surface area contributed by atoms with Gasteiger partial charge in [0.25, 0.3) is 11.8 Å². The zero-order valence-electron chi connectivity index (χ0n) is 31.6. The molecular formula is C38H50F6N2O9S-2. The van der Waals surface area contributed by atoms with Crippen molar-refractivity contribution < 1.29 is 70.9 Å². The van der Waals surface area contributed by atoms with Gasteiger partial charge in [-0.15, -0.1) is 11.3 Å². The Balaban J connectivity index is 1.33. The van der Waals surface area contributed by atoms with Crippen LogP contribution in [0.5, 0.6) is 0 Å². The Labute approximate surface area is 325 Å². The van der Waals surface area contributed by atoms with Gasteiger partial charge in [0.05, 0.1) is 40.3 Å². The molecule has 1 aromatic heterocycles. The Kier molecular flexibility index (Phi) is 12.9. The Morgan fingerprint density at radius 3 is 1.66 bits per heavy atom. The first-order chi connectivity index (χ1) is 25.9. The van der Waals surface area contributed by atoms with Gasteiger partial charge in [-0.2, -0.15) is 26.3 Å². The first-order valence-electron chi connectivity index (χ1n) is 18.9. The van der Waals surface area contributed by atoms with E-state index in [2.05, 4.69) is 10.6 Å². The fourth-order valence-corrected chi connectivity index (χ4v) is 10.3. The van der Waals surface area contributed by atoms with Gasteiger partial charge in [0.2, 0.25) is 0 Å². The van der Waals surface area contributed by atoms with E-state index in [4.69, 9.17) is 9.47 Å². The summed E-state index contributed by atoms with van der Waals surface area (Å²) in [5, 5.41) is 64.5. The molecule has 2 aliphatic heterocycles. The van der Waals surface area contributed by atoms with Gasteiger partial charge >= 0.3 is 12.4 Å². The van der Waals surface area contributed by atoms with E-state index in [0.29, 0.717) is 37.0 Å². The third-order valence-electron chi connectivity index (χ3n) is 12.6. The Morgan fingerprint density at radius 2 is 1.20 bits per heavy atom. The van der Waals surface area contributed by atoms with Crippen LogP contribution in [0, 0.1) is 35.5 Å². The molecule has 2 saturated carbocycles. The molecule has 5 rings (SSSR count). The first-order valence-corrected chi connectivity index (χ1v) is 19.7. The zero-order valence-corrected chi connectivity index (χ0v) is 32.5. The second-order valence-corrected chi connectivity index (χ2v) is 17.4. The molecule has 4 fully saturated rings. The number of amides is 2. The third kappa shape index (κ3) is 9.20. The average Bonchev–Trinajstić information content (AvgIpc) is 3.49. The smallest absolute Gasteiger partial charge is 0.402 e. The summed E-state index contributed by atoms with van der Waals surface area (Å²) in [6, 6.07) is 2.33. The molecule has 10 atom stereocenters. The highest BCUT2D eigenvalue weighted by Crippen LogP contribution is 2.52. The second-order valence-electron chi connectivity index (χ2n) is 16.3. The van der Waals surface area contributed by atoms with Crippen LogP contribution in [-0.4, -0.2) is 88.9 Å². The van der Waals surface area contributed by atoms with Gasteiger partial charge in [-0.3, -0.25) is 9.59 Å². The van der Waals surface area contributed by atoms with Crippen molar-refractivity contribution >= 4 is 23.2 Å². The minimum atomic E-state index is -5.35. The maximum atomic E-state index is 14.0. The fraction of sp³-hybridized carbons (Fsp3) is 0.737. The highest BCUT2D eigenvalue weighted by Gasteiger charge is 2.55. The molecule has 0 bridgehead atoms. The van der Waals surface area contributed by atoms with E-state index in [0.717, 1.165) is 0 Å². The van der Waals surface area contributed by atoms with Crippen molar-refractivity contribution in [1.82, 2.24) is 10.6 Å². The molecule has 316 valence electrons. The molecule has 4 aliphatic rings. The number of ether oxygens (including phenoxy) is 2. The topological polar surface area (TPSA) is 183 Å². The van der Waals surface area contributed by atoms with Crippen molar-refractivity contribution in [2.75, 3.05) is 26.3 Å². The lowest BCUT2D eigenvalue weighted by atomic mass is 9.60. The number of alkyl halides is 6.